The van der Waals surface area contributed by atoms with E-state index in [9.17, 15) is 0 Å². The zero-order valence-electron chi connectivity index (χ0n) is 21.3. The van der Waals surface area contributed by atoms with Gasteiger partial charge >= 0.3 is 17.6 Å². The van der Waals surface area contributed by atoms with Crippen molar-refractivity contribution in [2.75, 3.05) is 41.2 Å². The number of fused-ring (bicyclic) bond motifs is 1. The standard InChI is InChI=1S/C13H22O3Si.C11H22O4Si/c1-4-14-17(15-5-2,16-6-3)12-13-10-8-7-9-11-13;1-12-16(13-2,14-3)7-6-9-4-5-10-11(8-9)15-10/h7-11H,4-6,12H2,1-3H3;9-11H,4-8H2,1-3H3. The number of epoxide rings is 1. The molecule has 0 aromatic heterocycles. The van der Waals surface area contributed by atoms with Crippen molar-refractivity contribution in [1.82, 2.24) is 0 Å². The molecule has 33 heavy (non-hydrogen) atoms. The minimum atomic E-state index is -2.54. The van der Waals surface area contributed by atoms with E-state index in [0.717, 1.165) is 24.4 Å². The summed E-state index contributed by atoms with van der Waals surface area (Å²) in [6.07, 6.45) is 6.01. The van der Waals surface area contributed by atoms with Crippen molar-refractivity contribution in [3.8, 4) is 0 Å². The van der Waals surface area contributed by atoms with Gasteiger partial charge in [0.2, 0.25) is 0 Å². The number of benzene rings is 1. The number of ether oxygens (including phenoxy) is 1. The molecule has 2 aliphatic rings. The van der Waals surface area contributed by atoms with E-state index in [1.807, 2.05) is 39.0 Å². The second-order valence-corrected chi connectivity index (χ2v) is 14.0. The van der Waals surface area contributed by atoms with Crippen LogP contribution in [0.15, 0.2) is 30.3 Å². The summed E-state index contributed by atoms with van der Waals surface area (Å²) >= 11 is 0. The Morgan fingerprint density at radius 2 is 1.36 bits per heavy atom. The van der Waals surface area contributed by atoms with Gasteiger partial charge in [-0.25, -0.2) is 0 Å². The maximum Gasteiger partial charge on any atom is 0.505 e. The van der Waals surface area contributed by atoms with Crippen molar-refractivity contribution in [2.24, 2.45) is 5.92 Å². The molecule has 0 amide bonds. The highest BCUT2D eigenvalue weighted by Crippen LogP contribution is 2.41. The van der Waals surface area contributed by atoms with Gasteiger partial charge in [0.05, 0.1) is 12.2 Å². The molecule has 1 saturated heterocycles. The van der Waals surface area contributed by atoms with Crippen molar-refractivity contribution in [3.63, 3.8) is 0 Å². The van der Waals surface area contributed by atoms with Gasteiger partial charge in [-0.2, -0.15) is 0 Å². The molecule has 0 radical (unpaired) electrons. The van der Waals surface area contributed by atoms with Crippen molar-refractivity contribution in [1.29, 1.82) is 0 Å². The Morgan fingerprint density at radius 3 is 1.85 bits per heavy atom. The highest BCUT2D eigenvalue weighted by atomic mass is 28.4. The SMILES string of the molecule is CCO[Si](Cc1ccccc1)(OCC)OCC.CO[Si](CCC1CCC2OC2C1)(OC)OC. The van der Waals surface area contributed by atoms with Crippen LogP contribution < -0.4 is 0 Å². The summed E-state index contributed by atoms with van der Waals surface area (Å²) in [6, 6.07) is 11.9. The second kappa shape index (κ2) is 14.7. The summed E-state index contributed by atoms with van der Waals surface area (Å²) in [5.74, 6) is 0.760. The monoisotopic (exact) mass is 500 g/mol. The van der Waals surface area contributed by atoms with Gasteiger partial charge in [0.15, 0.2) is 0 Å². The summed E-state index contributed by atoms with van der Waals surface area (Å²) in [5.41, 5.74) is 1.20. The molecule has 0 N–H and O–H groups in total. The lowest BCUT2D eigenvalue weighted by Crippen LogP contribution is -2.48. The first-order valence-electron chi connectivity index (χ1n) is 12.3. The molecule has 0 spiro atoms. The van der Waals surface area contributed by atoms with E-state index in [4.69, 9.17) is 31.3 Å². The molecule has 0 bridgehead atoms. The predicted molar refractivity (Wildman–Crippen MR) is 133 cm³/mol. The van der Waals surface area contributed by atoms with Gasteiger partial charge in [0.25, 0.3) is 0 Å². The first kappa shape index (κ1) is 28.6. The highest BCUT2D eigenvalue weighted by molar-refractivity contribution is 6.60. The van der Waals surface area contributed by atoms with E-state index in [2.05, 4.69) is 12.1 Å². The van der Waals surface area contributed by atoms with E-state index in [1.165, 1.54) is 24.8 Å². The number of rotatable bonds is 14. The topological polar surface area (TPSA) is 67.9 Å². The summed E-state index contributed by atoms with van der Waals surface area (Å²) in [5, 5.41) is 0. The predicted octanol–water partition coefficient (Wildman–Crippen LogP) is 4.64. The summed E-state index contributed by atoms with van der Waals surface area (Å²) < 4.78 is 39.2. The van der Waals surface area contributed by atoms with Gasteiger partial charge < -0.3 is 31.3 Å². The van der Waals surface area contributed by atoms with Crippen molar-refractivity contribution >= 4 is 17.6 Å². The molecule has 3 atom stereocenters. The van der Waals surface area contributed by atoms with E-state index >= 15 is 0 Å². The van der Waals surface area contributed by atoms with Crippen LogP contribution in [0.4, 0.5) is 0 Å². The Balaban J connectivity index is 0.000000234. The molecule has 9 heteroatoms. The quantitative estimate of drug-likeness (QED) is 0.272. The van der Waals surface area contributed by atoms with E-state index in [1.54, 1.807) is 21.3 Å². The zero-order valence-corrected chi connectivity index (χ0v) is 23.3. The van der Waals surface area contributed by atoms with Crippen LogP contribution in [0.5, 0.6) is 0 Å². The van der Waals surface area contributed by atoms with Gasteiger partial charge in [-0.1, -0.05) is 30.3 Å². The first-order chi connectivity index (χ1) is 16.0. The van der Waals surface area contributed by atoms with Gasteiger partial charge in [-0.15, -0.1) is 0 Å². The van der Waals surface area contributed by atoms with Gasteiger partial charge in [-0.05, 0) is 57.9 Å². The summed E-state index contributed by atoms with van der Waals surface area (Å²) in [6.45, 7) is 7.80. The largest absolute Gasteiger partial charge is 0.505 e. The lowest BCUT2D eigenvalue weighted by atomic mass is 9.88. The molecular weight excluding hydrogens is 456 g/mol. The molecule has 1 aromatic rings. The molecule has 3 unspecified atom stereocenters. The van der Waals surface area contributed by atoms with Crippen LogP contribution in [0.3, 0.4) is 0 Å². The molecule has 1 aliphatic heterocycles. The molecule has 190 valence electrons. The van der Waals surface area contributed by atoms with Crippen LogP contribution in [-0.4, -0.2) is 71.0 Å². The van der Waals surface area contributed by atoms with Crippen LogP contribution in [0.25, 0.3) is 0 Å². The highest BCUT2D eigenvalue weighted by Gasteiger charge is 2.45. The maximum absolute atomic E-state index is 5.81. The fraction of sp³-hybridized carbons (Fsp3) is 0.750. The Morgan fingerprint density at radius 1 is 0.788 bits per heavy atom. The third kappa shape index (κ3) is 9.16. The van der Waals surface area contributed by atoms with Crippen molar-refractivity contribution < 1.29 is 31.3 Å². The Hall–Kier alpha value is -0.626. The average molecular weight is 501 g/mol. The summed E-state index contributed by atoms with van der Waals surface area (Å²) in [7, 11) is 0.155. The third-order valence-corrected chi connectivity index (χ3v) is 12.1. The molecule has 1 aliphatic carbocycles. The minimum Gasteiger partial charge on any atom is -0.377 e. The number of hydrogen-bond acceptors (Lipinski definition) is 7. The Labute approximate surface area is 202 Å². The minimum absolute atomic E-state index is 0.558. The fourth-order valence-corrected chi connectivity index (χ4v) is 8.96. The molecular formula is C24H44O7Si2. The van der Waals surface area contributed by atoms with Crippen LogP contribution >= 0.6 is 0 Å². The van der Waals surface area contributed by atoms with Gasteiger partial charge in [0, 0.05) is 53.2 Å². The summed E-state index contributed by atoms with van der Waals surface area (Å²) in [4.78, 5) is 0. The molecule has 1 aromatic carbocycles. The van der Waals surface area contributed by atoms with E-state index in [0.29, 0.717) is 32.0 Å². The van der Waals surface area contributed by atoms with Gasteiger partial charge in [0.1, 0.15) is 0 Å². The van der Waals surface area contributed by atoms with Crippen LogP contribution in [0.1, 0.15) is 52.0 Å². The van der Waals surface area contributed by atoms with Crippen LogP contribution in [-0.2, 0) is 37.3 Å². The molecule has 3 rings (SSSR count). The lowest BCUT2D eigenvalue weighted by molar-refractivity contribution is 0.0704. The molecule has 1 saturated carbocycles. The average Bonchev–Trinajstić information content (AvgIpc) is 3.61. The first-order valence-corrected chi connectivity index (χ1v) is 16.1. The number of hydrogen-bond donors (Lipinski definition) is 0. The molecule has 7 nitrogen and oxygen atoms in total. The second-order valence-electron chi connectivity index (χ2n) is 8.37. The maximum atomic E-state index is 5.81. The van der Waals surface area contributed by atoms with E-state index in [-0.39, 0.29) is 0 Å². The molecule has 1 heterocycles. The normalized spacial score (nSPS) is 22.3. The molecule has 2 fully saturated rings. The van der Waals surface area contributed by atoms with Crippen LogP contribution in [0.2, 0.25) is 6.04 Å². The van der Waals surface area contributed by atoms with E-state index < -0.39 is 17.6 Å². The van der Waals surface area contributed by atoms with Crippen LogP contribution in [0, 0.1) is 5.92 Å². The Kier molecular flexibility index (Phi) is 12.7. The zero-order chi connectivity index (χ0) is 24.2. The van der Waals surface area contributed by atoms with Crippen molar-refractivity contribution in [2.45, 2.75) is 70.8 Å². The smallest absolute Gasteiger partial charge is 0.377 e. The van der Waals surface area contributed by atoms with Gasteiger partial charge in [-0.3, -0.25) is 0 Å². The fourth-order valence-electron chi connectivity index (χ4n) is 4.47. The lowest BCUT2D eigenvalue weighted by Gasteiger charge is -2.28. The van der Waals surface area contributed by atoms with Crippen molar-refractivity contribution in [3.05, 3.63) is 35.9 Å². The third-order valence-electron chi connectivity index (χ3n) is 6.26. The Bertz CT molecular complexity index is 620.